The number of aryl methyl sites for hydroxylation is 1. The average Bonchev–Trinajstić information content (AvgIpc) is 3.03. The molecule has 1 aliphatic rings. The fraction of sp³-hybridized carbons (Fsp3) is 0.353. The summed E-state index contributed by atoms with van der Waals surface area (Å²) in [6, 6.07) is 8.87. The molecule has 1 aromatic heterocycles. The molecule has 0 bridgehead atoms. The highest BCUT2D eigenvalue weighted by atomic mass is 16.5. The van der Waals surface area contributed by atoms with E-state index in [0.29, 0.717) is 5.56 Å². The maximum Gasteiger partial charge on any atom is 0.315 e. The summed E-state index contributed by atoms with van der Waals surface area (Å²) in [4.78, 5) is 24.6. The van der Waals surface area contributed by atoms with E-state index in [1.54, 1.807) is 37.4 Å². The molecule has 1 N–H and O–H groups in total. The van der Waals surface area contributed by atoms with E-state index in [1.807, 2.05) is 6.07 Å². The molecule has 114 valence electrons. The molecule has 0 unspecified atom stereocenters. The number of aromatic nitrogens is 2. The number of hydrogen-bond donors (Lipinski definition) is 1. The highest BCUT2D eigenvalue weighted by molar-refractivity contribution is 6.00. The van der Waals surface area contributed by atoms with Crippen molar-refractivity contribution >= 4 is 11.8 Å². The van der Waals surface area contributed by atoms with E-state index in [1.165, 1.54) is 0 Å². The van der Waals surface area contributed by atoms with Gasteiger partial charge in [-0.1, -0.05) is 30.3 Å². The van der Waals surface area contributed by atoms with Gasteiger partial charge in [0.2, 0.25) is 5.78 Å². The van der Waals surface area contributed by atoms with Crippen LogP contribution in [-0.2, 0) is 16.0 Å². The number of benzene rings is 1. The fourth-order valence-corrected chi connectivity index (χ4v) is 2.85. The van der Waals surface area contributed by atoms with Gasteiger partial charge in [0, 0.05) is 5.56 Å². The van der Waals surface area contributed by atoms with Crippen molar-refractivity contribution in [3.8, 4) is 0 Å². The number of H-pyrrole nitrogens is 1. The number of Topliss-reactive ketones (excluding diaryl/α,β-unsaturated/α-hetero) is 1. The third kappa shape index (κ3) is 2.79. The molecule has 5 nitrogen and oxygen atoms in total. The van der Waals surface area contributed by atoms with E-state index < -0.39 is 6.10 Å². The normalized spacial score (nSPS) is 18.3. The van der Waals surface area contributed by atoms with Crippen molar-refractivity contribution in [3.63, 3.8) is 0 Å². The van der Waals surface area contributed by atoms with Crippen molar-refractivity contribution in [2.75, 3.05) is 0 Å². The van der Waals surface area contributed by atoms with Gasteiger partial charge in [-0.3, -0.25) is 14.7 Å². The number of hydrogen-bond acceptors (Lipinski definition) is 4. The minimum Gasteiger partial charge on any atom is -0.454 e. The molecule has 0 fully saturated rings. The number of ketones is 1. The largest absolute Gasteiger partial charge is 0.454 e. The number of ether oxygens (including phenoxy) is 1. The molecule has 0 saturated carbocycles. The Morgan fingerprint density at radius 2 is 2.09 bits per heavy atom. The zero-order valence-electron chi connectivity index (χ0n) is 12.4. The summed E-state index contributed by atoms with van der Waals surface area (Å²) in [5, 5.41) is 6.89. The van der Waals surface area contributed by atoms with E-state index in [0.717, 1.165) is 30.5 Å². The summed E-state index contributed by atoms with van der Waals surface area (Å²) in [5.74, 6) is -0.895. The summed E-state index contributed by atoms with van der Waals surface area (Å²) in [5.41, 5.74) is 2.44. The van der Waals surface area contributed by atoms with Gasteiger partial charge in [0.05, 0.1) is 17.8 Å². The Morgan fingerprint density at radius 3 is 2.86 bits per heavy atom. The van der Waals surface area contributed by atoms with Gasteiger partial charge >= 0.3 is 5.97 Å². The number of nitrogens with one attached hydrogen (secondary N) is 1. The first kappa shape index (κ1) is 14.5. The second-order valence-electron chi connectivity index (χ2n) is 5.56. The number of rotatable bonds is 4. The van der Waals surface area contributed by atoms with Crippen LogP contribution in [0.4, 0.5) is 0 Å². The van der Waals surface area contributed by atoms with Gasteiger partial charge in [-0.2, -0.15) is 5.10 Å². The Labute approximate surface area is 128 Å². The lowest BCUT2D eigenvalue weighted by atomic mass is 9.88. The van der Waals surface area contributed by atoms with Gasteiger partial charge in [-0.25, -0.2) is 0 Å². The van der Waals surface area contributed by atoms with Gasteiger partial charge in [0.1, 0.15) is 0 Å². The first-order valence-corrected chi connectivity index (χ1v) is 7.48. The lowest BCUT2D eigenvalue weighted by Crippen LogP contribution is -2.29. The Hall–Kier alpha value is -2.43. The molecule has 2 atom stereocenters. The maximum atomic E-state index is 12.4. The first-order chi connectivity index (χ1) is 10.7. The molecule has 1 heterocycles. The number of carbonyl (C=O) groups excluding carboxylic acids is 2. The minimum atomic E-state index is -0.789. The Balaban J connectivity index is 1.69. The van der Waals surface area contributed by atoms with Gasteiger partial charge in [0.15, 0.2) is 6.10 Å². The Bertz CT molecular complexity index is 678. The summed E-state index contributed by atoms with van der Waals surface area (Å²) in [6.45, 7) is 1.62. The van der Waals surface area contributed by atoms with Crippen LogP contribution in [0.15, 0.2) is 36.5 Å². The monoisotopic (exact) mass is 298 g/mol. The molecular formula is C17H18N2O3. The molecule has 0 amide bonds. The predicted molar refractivity (Wildman–Crippen MR) is 80.6 cm³/mol. The lowest BCUT2D eigenvalue weighted by molar-refractivity contribution is -0.148. The van der Waals surface area contributed by atoms with Crippen LogP contribution >= 0.6 is 0 Å². The van der Waals surface area contributed by atoms with E-state index in [9.17, 15) is 9.59 Å². The Kier molecular flexibility index (Phi) is 4.04. The summed E-state index contributed by atoms with van der Waals surface area (Å²) < 4.78 is 5.40. The highest BCUT2D eigenvalue weighted by Crippen LogP contribution is 2.31. The second-order valence-corrected chi connectivity index (χ2v) is 5.56. The van der Waals surface area contributed by atoms with Crippen LogP contribution in [0.5, 0.6) is 0 Å². The minimum absolute atomic E-state index is 0.186. The average molecular weight is 298 g/mol. The lowest BCUT2D eigenvalue weighted by Gasteiger charge is -2.22. The molecule has 0 spiro atoms. The van der Waals surface area contributed by atoms with E-state index in [2.05, 4.69) is 10.2 Å². The van der Waals surface area contributed by atoms with Gasteiger partial charge in [0.25, 0.3) is 0 Å². The van der Waals surface area contributed by atoms with Crippen molar-refractivity contribution < 1.29 is 14.3 Å². The van der Waals surface area contributed by atoms with Crippen LogP contribution in [0.1, 0.15) is 47.3 Å². The van der Waals surface area contributed by atoms with Crippen LogP contribution in [0.25, 0.3) is 0 Å². The van der Waals surface area contributed by atoms with Crippen LogP contribution in [0.3, 0.4) is 0 Å². The first-order valence-electron chi connectivity index (χ1n) is 7.48. The predicted octanol–water partition coefficient (Wildman–Crippen LogP) is 2.64. The van der Waals surface area contributed by atoms with Crippen molar-refractivity contribution in [2.24, 2.45) is 0 Å². The molecule has 0 radical (unpaired) electrons. The van der Waals surface area contributed by atoms with E-state index in [-0.39, 0.29) is 17.7 Å². The molecule has 2 aromatic rings. The molecule has 0 aliphatic heterocycles. The number of aromatic amines is 1. The van der Waals surface area contributed by atoms with Crippen molar-refractivity contribution in [1.29, 1.82) is 0 Å². The number of carbonyl (C=O) groups is 2. The van der Waals surface area contributed by atoms with Crippen LogP contribution in [0, 0.1) is 0 Å². The molecule has 5 heteroatoms. The molecule has 1 aromatic carbocycles. The smallest absolute Gasteiger partial charge is 0.315 e. The number of fused-ring (bicyclic) bond motifs is 1. The second kappa shape index (κ2) is 6.13. The zero-order valence-corrected chi connectivity index (χ0v) is 12.4. The van der Waals surface area contributed by atoms with Crippen molar-refractivity contribution in [2.45, 2.75) is 38.2 Å². The van der Waals surface area contributed by atoms with Crippen LogP contribution in [0.2, 0.25) is 0 Å². The molecule has 1 aliphatic carbocycles. The van der Waals surface area contributed by atoms with Gasteiger partial charge in [-0.05, 0) is 31.7 Å². The molecule has 3 rings (SSSR count). The third-order valence-electron chi connectivity index (χ3n) is 4.04. The third-order valence-corrected chi connectivity index (χ3v) is 4.04. The number of nitrogens with zero attached hydrogens (tertiary/aromatic N) is 1. The quantitative estimate of drug-likeness (QED) is 0.695. The van der Waals surface area contributed by atoms with E-state index in [4.69, 9.17) is 4.74 Å². The summed E-state index contributed by atoms with van der Waals surface area (Å²) >= 11 is 0. The van der Waals surface area contributed by atoms with E-state index >= 15 is 0 Å². The fourth-order valence-electron chi connectivity index (χ4n) is 2.85. The number of esters is 1. The summed E-state index contributed by atoms with van der Waals surface area (Å²) in [7, 11) is 0. The van der Waals surface area contributed by atoms with Crippen LogP contribution in [-0.4, -0.2) is 28.1 Å². The zero-order chi connectivity index (χ0) is 15.5. The van der Waals surface area contributed by atoms with Gasteiger partial charge in [-0.15, -0.1) is 0 Å². The standard InChI is InChI=1S/C17H18N2O3/c1-11(16(20)12-6-3-2-4-7-12)22-17(21)14-9-5-8-13-10-18-19-15(13)14/h2-4,6-7,10-11,14H,5,8-9H2,1H3,(H,18,19)/t11-,14-/m0/s1. The van der Waals surface area contributed by atoms with Gasteiger partial charge < -0.3 is 4.74 Å². The maximum absolute atomic E-state index is 12.4. The SMILES string of the molecule is C[C@H](OC(=O)[C@H]1CCCc2cn[nH]c21)C(=O)c1ccccc1. The highest BCUT2D eigenvalue weighted by Gasteiger charge is 2.31. The van der Waals surface area contributed by atoms with Crippen LogP contribution < -0.4 is 0 Å². The summed E-state index contributed by atoms with van der Waals surface area (Å²) in [6.07, 6.45) is 3.54. The Morgan fingerprint density at radius 1 is 1.32 bits per heavy atom. The molecule has 0 saturated heterocycles. The van der Waals surface area contributed by atoms with Crippen molar-refractivity contribution in [1.82, 2.24) is 10.2 Å². The van der Waals surface area contributed by atoms with Crippen molar-refractivity contribution in [3.05, 3.63) is 53.3 Å². The molecule has 22 heavy (non-hydrogen) atoms. The molecular weight excluding hydrogens is 280 g/mol. The topological polar surface area (TPSA) is 72.0 Å².